The van der Waals surface area contributed by atoms with Gasteiger partial charge < -0.3 is 5.32 Å². The van der Waals surface area contributed by atoms with Gasteiger partial charge in [-0.15, -0.1) is 11.3 Å². The van der Waals surface area contributed by atoms with E-state index in [1.54, 1.807) is 36.6 Å². The molecular weight excluding hydrogens is 311 g/mol. The van der Waals surface area contributed by atoms with E-state index in [1.165, 1.54) is 6.07 Å². The topological polar surface area (TPSA) is 42.0 Å². The maximum Gasteiger partial charge on any atom is 0.251 e. The summed E-state index contributed by atoms with van der Waals surface area (Å²) < 4.78 is 13.5. The Morgan fingerprint density at radius 2 is 2.13 bits per heavy atom. The number of halogens is 1. The number of aryl methyl sites for hydroxylation is 1. The van der Waals surface area contributed by atoms with Crippen LogP contribution in [0.25, 0.3) is 10.6 Å². The summed E-state index contributed by atoms with van der Waals surface area (Å²) in [6, 6.07) is 12.3. The third kappa shape index (κ3) is 3.63. The molecule has 3 nitrogen and oxygen atoms in total. The van der Waals surface area contributed by atoms with Crippen molar-refractivity contribution in [1.29, 1.82) is 0 Å². The molecular formula is C18H15FN2OS. The van der Waals surface area contributed by atoms with Gasteiger partial charge >= 0.3 is 0 Å². The van der Waals surface area contributed by atoms with Crippen molar-refractivity contribution in [3.8, 4) is 10.6 Å². The van der Waals surface area contributed by atoms with E-state index >= 15 is 0 Å². The van der Waals surface area contributed by atoms with Gasteiger partial charge in [-0.2, -0.15) is 0 Å². The van der Waals surface area contributed by atoms with Crippen molar-refractivity contribution in [3.05, 3.63) is 76.5 Å². The van der Waals surface area contributed by atoms with Crippen molar-refractivity contribution < 1.29 is 9.18 Å². The normalized spacial score (nSPS) is 10.5. The number of benzene rings is 1. The third-order valence-corrected chi connectivity index (χ3v) is 4.38. The second kappa shape index (κ2) is 6.71. The Bertz CT molecular complexity index is 831. The molecule has 0 aliphatic carbocycles. The van der Waals surface area contributed by atoms with E-state index in [9.17, 15) is 9.18 Å². The second-order valence-electron chi connectivity index (χ2n) is 5.17. The summed E-state index contributed by atoms with van der Waals surface area (Å²) in [5, 5.41) is 4.80. The van der Waals surface area contributed by atoms with E-state index in [0.29, 0.717) is 17.7 Å². The number of thiophene rings is 1. The first-order valence-electron chi connectivity index (χ1n) is 7.16. The smallest absolute Gasteiger partial charge is 0.251 e. The average molecular weight is 326 g/mol. The van der Waals surface area contributed by atoms with Crippen LogP contribution in [-0.2, 0) is 6.54 Å². The number of nitrogens with zero attached hydrogens (tertiary/aromatic N) is 1. The molecule has 0 unspecified atom stereocenters. The first-order chi connectivity index (χ1) is 11.1. The van der Waals surface area contributed by atoms with E-state index in [2.05, 4.69) is 10.3 Å². The molecule has 0 spiro atoms. The lowest BCUT2D eigenvalue weighted by molar-refractivity contribution is 0.0950. The molecule has 5 heteroatoms. The molecule has 23 heavy (non-hydrogen) atoms. The predicted molar refractivity (Wildman–Crippen MR) is 89.9 cm³/mol. The zero-order valence-electron chi connectivity index (χ0n) is 12.5. The third-order valence-electron chi connectivity index (χ3n) is 3.49. The number of pyridine rings is 1. The standard InChI is InChI=1S/C18H15FN2OS/c1-12-4-5-14(10-15(12)19)18(22)21-11-13-6-7-20-16(9-13)17-3-2-8-23-17/h2-10H,11H2,1H3,(H,21,22). The van der Waals surface area contributed by atoms with Crippen LogP contribution in [0.1, 0.15) is 21.5 Å². The molecule has 116 valence electrons. The molecule has 0 radical (unpaired) electrons. The number of amides is 1. The minimum atomic E-state index is -0.374. The summed E-state index contributed by atoms with van der Waals surface area (Å²) in [5.41, 5.74) is 2.68. The first-order valence-corrected chi connectivity index (χ1v) is 8.04. The maximum absolute atomic E-state index is 13.5. The van der Waals surface area contributed by atoms with E-state index in [4.69, 9.17) is 0 Å². The number of carbonyl (C=O) groups excluding carboxylic acids is 1. The molecule has 2 aromatic heterocycles. The highest BCUT2D eigenvalue weighted by Gasteiger charge is 2.08. The summed E-state index contributed by atoms with van der Waals surface area (Å²) >= 11 is 1.62. The molecule has 1 aromatic carbocycles. The Labute approximate surface area is 137 Å². The largest absolute Gasteiger partial charge is 0.348 e. The lowest BCUT2D eigenvalue weighted by Gasteiger charge is -2.07. The van der Waals surface area contributed by atoms with Crippen LogP contribution in [0.3, 0.4) is 0 Å². The fraction of sp³-hybridized carbons (Fsp3) is 0.111. The molecule has 0 atom stereocenters. The molecule has 1 amide bonds. The number of rotatable bonds is 4. The van der Waals surface area contributed by atoms with Gasteiger partial charge in [-0.3, -0.25) is 9.78 Å². The van der Waals surface area contributed by atoms with Gasteiger partial charge in [0.1, 0.15) is 5.82 Å². The summed E-state index contributed by atoms with van der Waals surface area (Å²) in [6.07, 6.45) is 1.72. The van der Waals surface area contributed by atoms with E-state index in [1.807, 2.05) is 29.6 Å². The van der Waals surface area contributed by atoms with Crippen LogP contribution < -0.4 is 5.32 Å². The Kier molecular flexibility index (Phi) is 4.48. The monoisotopic (exact) mass is 326 g/mol. The summed E-state index contributed by atoms with van der Waals surface area (Å²) in [7, 11) is 0. The Morgan fingerprint density at radius 1 is 1.26 bits per heavy atom. The van der Waals surface area contributed by atoms with Crippen LogP contribution in [0.5, 0.6) is 0 Å². The highest BCUT2D eigenvalue weighted by molar-refractivity contribution is 7.13. The van der Waals surface area contributed by atoms with Crippen molar-refractivity contribution >= 4 is 17.2 Å². The van der Waals surface area contributed by atoms with Gasteiger partial charge in [-0.05, 0) is 53.8 Å². The fourth-order valence-corrected chi connectivity index (χ4v) is 2.86. The van der Waals surface area contributed by atoms with Crippen molar-refractivity contribution in [2.24, 2.45) is 0 Å². The molecule has 3 aromatic rings. The number of aromatic nitrogens is 1. The summed E-state index contributed by atoms with van der Waals surface area (Å²) in [4.78, 5) is 17.5. The van der Waals surface area contributed by atoms with Crippen LogP contribution in [0.15, 0.2) is 54.0 Å². The SMILES string of the molecule is Cc1ccc(C(=O)NCc2ccnc(-c3cccs3)c2)cc1F. The Hall–Kier alpha value is -2.53. The lowest BCUT2D eigenvalue weighted by atomic mass is 10.1. The highest BCUT2D eigenvalue weighted by Crippen LogP contribution is 2.23. The van der Waals surface area contributed by atoms with Crippen molar-refractivity contribution in [3.63, 3.8) is 0 Å². The molecule has 1 N–H and O–H groups in total. The van der Waals surface area contributed by atoms with Crippen LogP contribution in [0, 0.1) is 12.7 Å². The highest BCUT2D eigenvalue weighted by atomic mass is 32.1. The first kappa shape index (κ1) is 15.4. The van der Waals surface area contributed by atoms with Crippen molar-refractivity contribution in [1.82, 2.24) is 10.3 Å². The summed E-state index contributed by atoms with van der Waals surface area (Å²) in [6.45, 7) is 2.04. The quantitative estimate of drug-likeness (QED) is 0.781. The van der Waals surface area contributed by atoms with E-state index in [-0.39, 0.29) is 11.7 Å². The van der Waals surface area contributed by atoms with Gasteiger partial charge in [0, 0.05) is 18.3 Å². The van der Waals surface area contributed by atoms with Crippen LogP contribution in [0.4, 0.5) is 4.39 Å². The predicted octanol–water partition coefficient (Wildman–Crippen LogP) is 4.19. The molecule has 0 saturated heterocycles. The van der Waals surface area contributed by atoms with Crippen molar-refractivity contribution in [2.45, 2.75) is 13.5 Å². The average Bonchev–Trinajstić information content (AvgIpc) is 3.10. The van der Waals surface area contributed by atoms with Crippen molar-refractivity contribution in [2.75, 3.05) is 0 Å². The number of nitrogens with one attached hydrogen (secondary N) is 1. The number of hydrogen-bond donors (Lipinski definition) is 1. The van der Waals surface area contributed by atoms with E-state index < -0.39 is 0 Å². The minimum Gasteiger partial charge on any atom is -0.348 e. The van der Waals surface area contributed by atoms with Gasteiger partial charge in [-0.1, -0.05) is 12.1 Å². The van der Waals surface area contributed by atoms with Gasteiger partial charge in [0.15, 0.2) is 0 Å². The lowest BCUT2D eigenvalue weighted by Crippen LogP contribution is -2.23. The van der Waals surface area contributed by atoms with Gasteiger partial charge in [0.05, 0.1) is 10.6 Å². The van der Waals surface area contributed by atoms with Gasteiger partial charge in [0.25, 0.3) is 5.91 Å². The second-order valence-corrected chi connectivity index (χ2v) is 6.12. The zero-order chi connectivity index (χ0) is 16.2. The molecule has 0 bridgehead atoms. The Balaban J connectivity index is 1.69. The molecule has 0 aliphatic rings. The number of hydrogen-bond acceptors (Lipinski definition) is 3. The molecule has 3 rings (SSSR count). The summed E-state index contributed by atoms with van der Waals surface area (Å²) in [5.74, 6) is -0.667. The van der Waals surface area contributed by atoms with Gasteiger partial charge in [-0.25, -0.2) is 4.39 Å². The minimum absolute atomic E-state index is 0.293. The molecule has 0 saturated carbocycles. The molecule has 0 aliphatic heterocycles. The molecule has 2 heterocycles. The maximum atomic E-state index is 13.5. The van der Waals surface area contributed by atoms with E-state index in [0.717, 1.165) is 16.1 Å². The number of carbonyl (C=O) groups is 1. The van der Waals surface area contributed by atoms with Crippen LogP contribution >= 0.6 is 11.3 Å². The van der Waals surface area contributed by atoms with Crippen LogP contribution in [0.2, 0.25) is 0 Å². The van der Waals surface area contributed by atoms with Crippen LogP contribution in [-0.4, -0.2) is 10.9 Å². The van der Waals surface area contributed by atoms with Gasteiger partial charge in [0.2, 0.25) is 0 Å². The zero-order valence-corrected chi connectivity index (χ0v) is 13.4. The molecule has 0 fully saturated rings. The fourth-order valence-electron chi connectivity index (χ4n) is 2.16. The Morgan fingerprint density at radius 3 is 2.87 bits per heavy atom.